The molecule has 0 spiro atoms. The minimum absolute atomic E-state index is 0.149. The topological polar surface area (TPSA) is 80.5 Å². The summed E-state index contributed by atoms with van der Waals surface area (Å²) in [6, 6.07) is 13.0. The molecule has 0 radical (unpaired) electrons. The van der Waals surface area contributed by atoms with Crippen LogP contribution in [0.2, 0.25) is 0 Å². The van der Waals surface area contributed by atoms with Crippen molar-refractivity contribution in [3.8, 4) is 22.8 Å². The average molecular weight is 410 g/mol. The van der Waals surface area contributed by atoms with Gasteiger partial charge < -0.3 is 14.6 Å². The molecule has 2 heterocycles. The van der Waals surface area contributed by atoms with Gasteiger partial charge in [-0.2, -0.15) is 4.98 Å². The Morgan fingerprint density at radius 1 is 1.10 bits per heavy atom. The maximum atomic E-state index is 13.4. The third-order valence-electron chi connectivity index (χ3n) is 4.92. The number of hydrogen-bond acceptors (Lipinski definition) is 6. The molecule has 7 nitrogen and oxygen atoms in total. The van der Waals surface area contributed by atoms with Gasteiger partial charge in [0.15, 0.2) is 0 Å². The Bertz CT molecular complexity index is 1000. The summed E-state index contributed by atoms with van der Waals surface area (Å²) < 4.78 is 24.1. The van der Waals surface area contributed by atoms with E-state index < -0.39 is 0 Å². The molecule has 8 heteroatoms. The van der Waals surface area contributed by atoms with E-state index in [1.165, 1.54) is 12.1 Å². The van der Waals surface area contributed by atoms with Gasteiger partial charge in [0.1, 0.15) is 5.82 Å². The average Bonchev–Trinajstić information content (AvgIpc) is 3.28. The minimum atomic E-state index is -0.369. The molecule has 0 unspecified atom stereocenters. The number of nitrogens with one attached hydrogen (secondary N) is 1. The third kappa shape index (κ3) is 5.08. The number of amides is 1. The van der Waals surface area contributed by atoms with Gasteiger partial charge in [-0.1, -0.05) is 23.4 Å². The van der Waals surface area contributed by atoms with Crippen LogP contribution in [0.5, 0.6) is 0 Å². The van der Waals surface area contributed by atoms with E-state index in [1.807, 2.05) is 0 Å². The number of carbonyl (C=O) groups excluding carboxylic acids is 1. The Labute approximate surface area is 173 Å². The van der Waals surface area contributed by atoms with Crippen LogP contribution < -0.4 is 5.32 Å². The van der Waals surface area contributed by atoms with Crippen LogP contribution in [0.25, 0.3) is 22.8 Å². The van der Waals surface area contributed by atoms with Crippen LogP contribution in [0.1, 0.15) is 16.8 Å². The molecule has 0 atom stereocenters. The van der Waals surface area contributed by atoms with Gasteiger partial charge in [0, 0.05) is 36.3 Å². The Hall–Kier alpha value is -3.10. The summed E-state index contributed by atoms with van der Waals surface area (Å²) in [6.45, 7) is 4.97. The summed E-state index contributed by atoms with van der Waals surface area (Å²) >= 11 is 0. The highest BCUT2D eigenvalue weighted by Crippen LogP contribution is 2.23. The van der Waals surface area contributed by atoms with E-state index in [0.717, 1.165) is 39.3 Å². The molecule has 0 saturated carbocycles. The number of halogens is 1. The lowest BCUT2D eigenvalue weighted by Gasteiger charge is -2.26. The molecule has 4 rings (SSSR count). The monoisotopic (exact) mass is 410 g/mol. The molecule has 1 fully saturated rings. The first-order valence-electron chi connectivity index (χ1n) is 9.97. The molecule has 156 valence electrons. The molecule has 1 aliphatic heterocycles. The second-order valence-corrected chi connectivity index (χ2v) is 7.08. The second kappa shape index (κ2) is 9.60. The fourth-order valence-corrected chi connectivity index (χ4v) is 3.31. The lowest BCUT2D eigenvalue weighted by Crippen LogP contribution is -2.38. The molecule has 30 heavy (non-hydrogen) atoms. The SMILES string of the molecule is O=C(NCCCN1CCOCC1)c1cccc(-c2nc(-c3cccc(F)c3)no2)c1. The summed E-state index contributed by atoms with van der Waals surface area (Å²) in [6.07, 6.45) is 0.881. The van der Waals surface area contributed by atoms with Gasteiger partial charge >= 0.3 is 0 Å². The Kier molecular flexibility index (Phi) is 6.46. The largest absolute Gasteiger partial charge is 0.379 e. The molecule has 1 saturated heterocycles. The third-order valence-corrected chi connectivity index (χ3v) is 4.92. The number of hydrogen-bond donors (Lipinski definition) is 1. The van der Waals surface area contributed by atoms with Gasteiger partial charge in [0.05, 0.1) is 13.2 Å². The number of ether oxygens (including phenoxy) is 1. The van der Waals surface area contributed by atoms with Gasteiger partial charge in [0.2, 0.25) is 5.82 Å². The molecule has 3 aromatic rings. The van der Waals surface area contributed by atoms with Crippen LogP contribution in [0, 0.1) is 5.82 Å². The zero-order valence-electron chi connectivity index (χ0n) is 16.5. The predicted molar refractivity (Wildman–Crippen MR) is 109 cm³/mol. The van der Waals surface area contributed by atoms with E-state index in [9.17, 15) is 9.18 Å². The van der Waals surface area contributed by atoms with Crippen molar-refractivity contribution in [2.24, 2.45) is 0 Å². The molecule has 2 aromatic carbocycles. The zero-order valence-corrected chi connectivity index (χ0v) is 16.5. The Morgan fingerprint density at radius 3 is 2.73 bits per heavy atom. The van der Waals surface area contributed by atoms with E-state index in [4.69, 9.17) is 9.26 Å². The standard InChI is InChI=1S/C22H23FN4O3/c23-19-7-2-4-16(15-19)20-25-22(30-26-20)18-6-1-5-17(14-18)21(28)24-8-3-9-27-10-12-29-13-11-27/h1-2,4-7,14-15H,3,8-13H2,(H,24,28). The second-order valence-electron chi connectivity index (χ2n) is 7.08. The quantitative estimate of drug-likeness (QED) is 0.603. The van der Waals surface area contributed by atoms with Crippen molar-refractivity contribution < 1.29 is 18.4 Å². The van der Waals surface area contributed by atoms with Crippen LogP contribution in [0.15, 0.2) is 53.1 Å². The van der Waals surface area contributed by atoms with Crippen molar-refractivity contribution in [1.29, 1.82) is 0 Å². The highest BCUT2D eigenvalue weighted by Gasteiger charge is 2.14. The van der Waals surface area contributed by atoms with Crippen molar-refractivity contribution >= 4 is 5.91 Å². The van der Waals surface area contributed by atoms with Crippen LogP contribution in [0.3, 0.4) is 0 Å². The highest BCUT2D eigenvalue weighted by atomic mass is 19.1. The zero-order chi connectivity index (χ0) is 20.8. The number of aromatic nitrogens is 2. The van der Waals surface area contributed by atoms with Crippen molar-refractivity contribution in [2.45, 2.75) is 6.42 Å². The van der Waals surface area contributed by atoms with Gasteiger partial charge in [-0.3, -0.25) is 9.69 Å². The van der Waals surface area contributed by atoms with Gasteiger partial charge in [-0.25, -0.2) is 4.39 Å². The van der Waals surface area contributed by atoms with Gasteiger partial charge in [-0.15, -0.1) is 0 Å². The normalized spacial score (nSPS) is 14.6. The summed E-state index contributed by atoms with van der Waals surface area (Å²) in [5.74, 6) is 0.0496. The first-order chi connectivity index (χ1) is 14.7. The first kappa shape index (κ1) is 20.2. The number of morpholine rings is 1. The Morgan fingerprint density at radius 2 is 1.90 bits per heavy atom. The van der Waals surface area contributed by atoms with Crippen molar-refractivity contribution in [2.75, 3.05) is 39.4 Å². The summed E-state index contributed by atoms with van der Waals surface area (Å²) in [5, 5.41) is 6.87. The highest BCUT2D eigenvalue weighted by molar-refractivity contribution is 5.95. The van der Waals surface area contributed by atoms with Gasteiger partial charge in [-0.05, 0) is 43.3 Å². The van der Waals surface area contributed by atoms with E-state index >= 15 is 0 Å². The van der Waals surface area contributed by atoms with Crippen LogP contribution >= 0.6 is 0 Å². The maximum absolute atomic E-state index is 13.4. The number of carbonyl (C=O) groups is 1. The molecule has 0 bridgehead atoms. The first-order valence-corrected chi connectivity index (χ1v) is 9.97. The molecule has 0 aliphatic carbocycles. The molecular weight excluding hydrogens is 387 g/mol. The predicted octanol–water partition coefficient (Wildman–Crippen LogP) is 2.99. The van der Waals surface area contributed by atoms with E-state index in [2.05, 4.69) is 20.4 Å². The summed E-state index contributed by atoms with van der Waals surface area (Å²) in [7, 11) is 0. The molecular formula is C22H23FN4O3. The summed E-state index contributed by atoms with van der Waals surface area (Å²) in [4.78, 5) is 19.2. The molecule has 1 aliphatic rings. The lowest BCUT2D eigenvalue weighted by atomic mass is 10.1. The number of rotatable bonds is 7. The molecule has 1 N–H and O–H groups in total. The Balaban J connectivity index is 1.36. The number of nitrogens with zero attached hydrogens (tertiary/aromatic N) is 3. The smallest absolute Gasteiger partial charge is 0.258 e. The van der Waals surface area contributed by atoms with E-state index in [1.54, 1.807) is 36.4 Å². The molecule has 1 aromatic heterocycles. The molecule has 1 amide bonds. The van der Waals surface area contributed by atoms with E-state index in [0.29, 0.717) is 29.1 Å². The van der Waals surface area contributed by atoms with Crippen LogP contribution in [-0.4, -0.2) is 60.3 Å². The fraction of sp³-hybridized carbons (Fsp3) is 0.318. The fourth-order valence-electron chi connectivity index (χ4n) is 3.31. The van der Waals surface area contributed by atoms with Crippen LogP contribution in [-0.2, 0) is 4.74 Å². The van der Waals surface area contributed by atoms with Crippen molar-refractivity contribution in [3.05, 3.63) is 59.9 Å². The maximum Gasteiger partial charge on any atom is 0.258 e. The van der Waals surface area contributed by atoms with E-state index in [-0.39, 0.29) is 17.6 Å². The minimum Gasteiger partial charge on any atom is -0.379 e. The van der Waals surface area contributed by atoms with Gasteiger partial charge in [0.25, 0.3) is 11.8 Å². The van der Waals surface area contributed by atoms with Crippen LogP contribution in [0.4, 0.5) is 4.39 Å². The number of benzene rings is 2. The summed E-state index contributed by atoms with van der Waals surface area (Å²) in [5.41, 5.74) is 1.68. The van der Waals surface area contributed by atoms with Crippen molar-refractivity contribution in [1.82, 2.24) is 20.4 Å². The lowest BCUT2D eigenvalue weighted by molar-refractivity contribution is 0.0374. The van der Waals surface area contributed by atoms with Crippen molar-refractivity contribution in [3.63, 3.8) is 0 Å².